The summed E-state index contributed by atoms with van der Waals surface area (Å²) in [5, 5.41) is 12.1. The van der Waals surface area contributed by atoms with Crippen LogP contribution in [-0.2, 0) is 6.54 Å². The molecule has 1 aromatic rings. The Labute approximate surface area is 116 Å². The Kier molecular flexibility index (Phi) is 4.61. The van der Waals surface area contributed by atoms with Gasteiger partial charge in [-0.05, 0) is 38.1 Å². The summed E-state index contributed by atoms with van der Waals surface area (Å²) in [6, 6.07) is 4.75. The van der Waals surface area contributed by atoms with Crippen molar-refractivity contribution in [3.63, 3.8) is 0 Å². The lowest BCUT2D eigenvalue weighted by Gasteiger charge is -2.31. The second-order valence-corrected chi connectivity index (χ2v) is 5.25. The summed E-state index contributed by atoms with van der Waals surface area (Å²) < 4.78 is 13.7. The number of benzene rings is 1. The first-order valence-electron chi connectivity index (χ1n) is 6.24. The summed E-state index contributed by atoms with van der Waals surface area (Å²) in [6.45, 7) is 2.18. The lowest BCUT2D eigenvalue weighted by molar-refractivity contribution is 0.196. The van der Waals surface area contributed by atoms with E-state index in [1.54, 1.807) is 12.1 Å². The van der Waals surface area contributed by atoms with E-state index in [0.717, 1.165) is 25.9 Å². The number of amidine groups is 1. The largest absolute Gasteiger partial charge is 0.409 e. The van der Waals surface area contributed by atoms with E-state index in [1.165, 1.54) is 6.07 Å². The van der Waals surface area contributed by atoms with Gasteiger partial charge in [0.25, 0.3) is 0 Å². The Morgan fingerprint density at radius 3 is 2.74 bits per heavy atom. The van der Waals surface area contributed by atoms with Crippen LogP contribution >= 0.6 is 11.6 Å². The molecule has 0 amide bonds. The van der Waals surface area contributed by atoms with Crippen LogP contribution in [0.5, 0.6) is 0 Å². The van der Waals surface area contributed by atoms with Crippen molar-refractivity contribution >= 4 is 17.4 Å². The minimum absolute atomic E-state index is 0.122. The van der Waals surface area contributed by atoms with Crippen LogP contribution in [0.2, 0.25) is 5.02 Å². The topological polar surface area (TPSA) is 61.9 Å². The van der Waals surface area contributed by atoms with Gasteiger partial charge in [0, 0.05) is 23.0 Å². The molecule has 2 rings (SSSR count). The van der Waals surface area contributed by atoms with Gasteiger partial charge in [-0.25, -0.2) is 4.39 Å². The zero-order valence-electron chi connectivity index (χ0n) is 10.5. The maximum atomic E-state index is 13.7. The van der Waals surface area contributed by atoms with Crippen molar-refractivity contribution in [1.29, 1.82) is 0 Å². The van der Waals surface area contributed by atoms with Crippen LogP contribution < -0.4 is 5.73 Å². The summed E-state index contributed by atoms with van der Waals surface area (Å²) in [5.41, 5.74) is 6.24. The normalized spacial score (nSPS) is 18.7. The minimum Gasteiger partial charge on any atom is -0.409 e. The third kappa shape index (κ3) is 3.58. The molecule has 104 valence electrons. The fraction of sp³-hybridized carbons (Fsp3) is 0.462. The Bertz CT molecular complexity index is 473. The van der Waals surface area contributed by atoms with Crippen molar-refractivity contribution in [1.82, 2.24) is 4.90 Å². The summed E-state index contributed by atoms with van der Waals surface area (Å²) in [4.78, 5) is 2.16. The van der Waals surface area contributed by atoms with Crippen LogP contribution in [0.3, 0.4) is 0 Å². The Morgan fingerprint density at radius 1 is 1.47 bits per heavy atom. The molecule has 4 nitrogen and oxygen atoms in total. The second kappa shape index (κ2) is 6.21. The molecule has 0 unspecified atom stereocenters. The van der Waals surface area contributed by atoms with Crippen molar-refractivity contribution in [3.8, 4) is 0 Å². The lowest BCUT2D eigenvalue weighted by Crippen LogP contribution is -2.38. The first-order valence-corrected chi connectivity index (χ1v) is 6.61. The van der Waals surface area contributed by atoms with Gasteiger partial charge in [0.1, 0.15) is 11.7 Å². The van der Waals surface area contributed by atoms with E-state index in [9.17, 15) is 4.39 Å². The molecule has 1 saturated heterocycles. The highest BCUT2D eigenvalue weighted by Gasteiger charge is 2.22. The summed E-state index contributed by atoms with van der Waals surface area (Å²) in [5.74, 6) is 0.139. The monoisotopic (exact) mass is 285 g/mol. The number of hydrogen-bond acceptors (Lipinski definition) is 3. The number of nitrogens with zero attached hydrogens (tertiary/aromatic N) is 2. The van der Waals surface area contributed by atoms with Crippen molar-refractivity contribution < 1.29 is 9.60 Å². The fourth-order valence-electron chi connectivity index (χ4n) is 2.36. The maximum Gasteiger partial charge on any atom is 0.142 e. The standard InChI is InChI=1S/C13H17ClFN3O/c14-11-2-1-10(12(15)7-11)8-18-5-3-9(4-6-18)13(16)17-19/h1-2,7,9,19H,3-6,8H2,(H2,16,17). The first kappa shape index (κ1) is 14.1. The lowest BCUT2D eigenvalue weighted by atomic mass is 9.95. The highest BCUT2D eigenvalue weighted by Crippen LogP contribution is 2.21. The van der Waals surface area contributed by atoms with Gasteiger partial charge < -0.3 is 10.9 Å². The van der Waals surface area contributed by atoms with Gasteiger partial charge in [-0.3, -0.25) is 4.90 Å². The minimum atomic E-state index is -0.272. The molecule has 1 aliphatic heterocycles. The Hall–Kier alpha value is -1.33. The molecular formula is C13H17ClFN3O. The molecule has 1 heterocycles. The van der Waals surface area contributed by atoms with Gasteiger partial charge >= 0.3 is 0 Å². The molecule has 1 aromatic carbocycles. The smallest absolute Gasteiger partial charge is 0.142 e. The third-order valence-electron chi connectivity index (χ3n) is 3.53. The average Bonchev–Trinajstić information content (AvgIpc) is 2.42. The molecule has 0 spiro atoms. The molecule has 0 atom stereocenters. The number of hydrogen-bond donors (Lipinski definition) is 2. The van der Waals surface area contributed by atoms with E-state index in [-0.39, 0.29) is 17.6 Å². The highest BCUT2D eigenvalue weighted by molar-refractivity contribution is 6.30. The number of piperidine rings is 1. The van der Waals surface area contributed by atoms with Gasteiger partial charge in [0.15, 0.2) is 0 Å². The molecule has 0 aliphatic carbocycles. The molecule has 0 saturated carbocycles. The van der Waals surface area contributed by atoms with Crippen LogP contribution in [0.4, 0.5) is 4.39 Å². The van der Waals surface area contributed by atoms with E-state index in [4.69, 9.17) is 22.5 Å². The van der Waals surface area contributed by atoms with E-state index < -0.39 is 0 Å². The van der Waals surface area contributed by atoms with Crippen molar-refractivity contribution in [2.75, 3.05) is 13.1 Å². The van der Waals surface area contributed by atoms with Gasteiger partial charge in [-0.1, -0.05) is 22.8 Å². The summed E-state index contributed by atoms with van der Waals surface area (Å²) in [7, 11) is 0. The molecular weight excluding hydrogens is 269 g/mol. The van der Waals surface area contributed by atoms with Crippen LogP contribution in [0.1, 0.15) is 18.4 Å². The van der Waals surface area contributed by atoms with E-state index in [1.807, 2.05) is 0 Å². The van der Waals surface area contributed by atoms with E-state index in [0.29, 0.717) is 17.1 Å². The average molecular weight is 286 g/mol. The SMILES string of the molecule is N/C(=N/O)C1CCN(Cc2ccc(Cl)cc2F)CC1. The number of oxime groups is 1. The predicted octanol–water partition coefficient (Wildman–Crippen LogP) is 2.44. The summed E-state index contributed by atoms with van der Waals surface area (Å²) in [6.07, 6.45) is 1.65. The van der Waals surface area contributed by atoms with Gasteiger partial charge in [-0.2, -0.15) is 0 Å². The fourth-order valence-corrected chi connectivity index (χ4v) is 2.52. The van der Waals surface area contributed by atoms with Gasteiger partial charge in [0.2, 0.25) is 0 Å². The van der Waals surface area contributed by atoms with Crippen LogP contribution in [0, 0.1) is 11.7 Å². The number of rotatable bonds is 3. The highest BCUT2D eigenvalue weighted by atomic mass is 35.5. The molecule has 6 heteroatoms. The molecule has 0 bridgehead atoms. The van der Waals surface area contributed by atoms with Crippen molar-refractivity contribution in [3.05, 3.63) is 34.6 Å². The summed E-state index contributed by atoms with van der Waals surface area (Å²) >= 11 is 5.73. The van der Waals surface area contributed by atoms with Crippen LogP contribution in [0.25, 0.3) is 0 Å². The molecule has 1 aliphatic rings. The Morgan fingerprint density at radius 2 is 2.16 bits per heavy atom. The van der Waals surface area contributed by atoms with Gasteiger partial charge in [0.05, 0.1) is 0 Å². The zero-order valence-corrected chi connectivity index (χ0v) is 11.3. The zero-order chi connectivity index (χ0) is 13.8. The van der Waals surface area contributed by atoms with Crippen molar-refractivity contribution in [2.24, 2.45) is 16.8 Å². The Balaban J connectivity index is 1.92. The number of nitrogens with two attached hydrogens (primary N) is 1. The molecule has 0 radical (unpaired) electrons. The second-order valence-electron chi connectivity index (χ2n) is 4.81. The molecule has 3 N–H and O–H groups in total. The van der Waals surface area contributed by atoms with Crippen molar-refractivity contribution in [2.45, 2.75) is 19.4 Å². The first-order chi connectivity index (χ1) is 9.10. The van der Waals surface area contributed by atoms with E-state index in [2.05, 4.69) is 10.1 Å². The quantitative estimate of drug-likeness (QED) is 0.388. The maximum absolute atomic E-state index is 13.7. The molecule has 19 heavy (non-hydrogen) atoms. The number of halogens is 2. The van der Waals surface area contributed by atoms with Gasteiger partial charge in [-0.15, -0.1) is 0 Å². The van der Waals surface area contributed by atoms with Crippen LogP contribution in [-0.4, -0.2) is 29.0 Å². The predicted molar refractivity (Wildman–Crippen MR) is 72.8 cm³/mol. The van der Waals surface area contributed by atoms with E-state index >= 15 is 0 Å². The molecule has 0 aromatic heterocycles. The third-order valence-corrected chi connectivity index (χ3v) is 3.77. The number of likely N-dealkylation sites (tertiary alicyclic amines) is 1. The molecule has 1 fully saturated rings. The van der Waals surface area contributed by atoms with Crippen LogP contribution in [0.15, 0.2) is 23.4 Å².